The summed E-state index contributed by atoms with van der Waals surface area (Å²) < 4.78 is 7.30. The molecule has 3 aromatic rings. The van der Waals surface area contributed by atoms with Crippen LogP contribution in [0, 0.1) is 6.92 Å². The summed E-state index contributed by atoms with van der Waals surface area (Å²) in [6.07, 6.45) is 2.14. The maximum atomic E-state index is 12.7. The van der Waals surface area contributed by atoms with Gasteiger partial charge in [-0.25, -0.2) is 4.98 Å². The monoisotopic (exact) mass is 308 g/mol. The number of aromatic nitrogens is 2. The normalized spacial score (nSPS) is 10.9. The van der Waals surface area contributed by atoms with E-state index >= 15 is 0 Å². The van der Waals surface area contributed by atoms with Crippen LogP contribution in [0.15, 0.2) is 53.3 Å². The highest BCUT2D eigenvalue weighted by Gasteiger charge is 2.09. The van der Waals surface area contributed by atoms with E-state index in [1.807, 2.05) is 55.5 Å². The Bertz CT molecular complexity index is 867. The first-order chi connectivity index (χ1) is 11.2. The molecule has 0 atom stereocenters. The van der Waals surface area contributed by atoms with Crippen LogP contribution in [0.25, 0.3) is 16.6 Å². The first-order valence-electron chi connectivity index (χ1n) is 7.92. The fourth-order valence-electron chi connectivity index (χ4n) is 2.57. The largest absolute Gasteiger partial charge is 0.494 e. The lowest BCUT2D eigenvalue weighted by Gasteiger charge is -2.12. The van der Waals surface area contributed by atoms with Crippen LogP contribution in [0.2, 0.25) is 0 Å². The number of aryl methyl sites for hydroxylation is 1. The summed E-state index contributed by atoms with van der Waals surface area (Å²) in [7, 11) is 0. The van der Waals surface area contributed by atoms with E-state index in [9.17, 15) is 4.79 Å². The van der Waals surface area contributed by atoms with Crippen molar-refractivity contribution in [3.63, 3.8) is 0 Å². The average Bonchev–Trinajstić information content (AvgIpc) is 2.56. The SMILES string of the molecule is CCCCOc1ccc(-n2c(C)nc3ccccc3c2=O)cc1. The molecule has 0 aliphatic carbocycles. The Kier molecular flexibility index (Phi) is 4.42. The molecule has 23 heavy (non-hydrogen) atoms. The molecular weight excluding hydrogens is 288 g/mol. The number of hydrogen-bond donors (Lipinski definition) is 0. The lowest BCUT2D eigenvalue weighted by atomic mass is 10.2. The average molecular weight is 308 g/mol. The summed E-state index contributed by atoms with van der Waals surface area (Å²) >= 11 is 0. The molecule has 0 saturated carbocycles. The van der Waals surface area contributed by atoms with Gasteiger partial charge < -0.3 is 4.74 Å². The van der Waals surface area contributed by atoms with E-state index in [-0.39, 0.29) is 5.56 Å². The minimum absolute atomic E-state index is 0.0484. The van der Waals surface area contributed by atoms with E-state index in [0.29, 0.717) is 17.8 Å². The number of rotatable bonds is 5. The lowest BCUT2D eigenvalue weighted by Crippen LogP contribution is -2.22. The Labute approximate surface area is 135 Å². The predicted molar refractivity (Wildman–Crippen MR) is 92.5 cm³/mol. The Hall–Kier alpha value is -2.62. The molecule has 0 fully saturated rings. The molecule has 0 aliphatic rings. The van der Waals surface area contributed by atoms with Crippen molar-refractivity contribution in [1.82, 2.24) is 9.55 Å². The molecule has 0 amide bonds. The van der Waals surface area contributed by atoms with Crippen LogP contribution in [0.3, 0.4) is 0 Å². The first-order valence-corrected chi connectivity index (χ1v) is 7.92. The highest BCUT2D eigenvalue weighted by atomic mass is 16.5. The molecule has 0 radical (unpaired) electrons. The molecule has 1 heterocycles. The van der Waals surface area contributed by atoms with E-state index in [1.165, 1.54) is 0 Å². The second kappa shape index (κ2) is 6.65. The molecule has 4 heteroatoms. The van der Waals surface area contributed by atoms with Crippen molar-refractivity contribution >= 4 is 10.9 Å². The minimum Gasteiger partial charge on any atom is -0.494 e. The molecule has 4 nitrogen and oxygen atoms in total. The number of ether oxygens (including phenoxy) is 1. The zero-order chi connectivity index (χ0) is 16.2. The van der Waals surface area contributed by atoms with Crippen LogP contribution in [0.1, 0.15) is 25.6 Å². The fraction of sp³-hybridized carbons (Fsp3) is 0.263. The third-order valence-electron chi connectivity index (χ3n) is 3.80. The summed E-state index contributed by atoms with van der Waals surface area (Å²) in [4.78, 5) is 17.3. The highest BCUT2D eigenvalue weighted by molar-refractivity contribution is 5.77. The van der Waals surface area contributed by atoms with Gasteiger partial charge in [-0.3, -0.25) is 9.36 Å². The summed E-state index contributed by atoms with van der Waals surface area (Å²) in [5.74, 6) is 1.50. The first kappa shape index (κ1) is 15.3. The Balaban J connectivity index is 1.98. The number of hydrogen-bond acceptors (Lipinski definition) is 3. The molecule has 0 aliphatic heterocycles. The maximum Gasteiger partial charge on any atom is 0.265 e. The molecule has 0 spiro atoms. The van der Waals surface area contributed by atoms with Crippen molar-refractivity contribution < 1.29 is 4.74 Å². The maximum absolute atomic E-state index is 12.7. The zero-order valence-corrected chi connectivity index (χ0v) is 13.5. The molecule has 0 unspecified atom stereocenters. The van der Waals surface area contributed by atoms with Crippen molar-refractivity contribution in [2.75, 3.05) is 6.61 Å². The highest BCUT2D eigenvalue weighted by Crippen LogP contribution is 2.17. The van der Waals surface area contributed by atoms with Crippen LogP contribution < -0.4 is 10.3 Å². The number of para-hydroxylation sites is 1. The Morgan fingerprint density at radius 2 is 1.83 bits per heavy atom. The van der Waals surface area contributed by atoms with E-state index in [2.05, 4.69) is 11.9 Å². The number of benzene rings is 2. The van der Waals surface area contributed by atoms with Crippen molar-refractivity contribution in [2.24, 2.45) is 0 Å². The van der Waals surface area contributed by atoms with E-state index < -0.39 is 0 Å². The van der Waals surface area contributed by atoms with Crippen LogP contribution in [-0.2, 0) is 0 Å². The molecule has 3 rings (SSSR count). The van der Waals surface area contributed by atoms with Gasteiger partial charge in [0.2, 0.25) is 0 Å². The van der Waals surface area contributed by atoms with Crippen LogP contribution in [0.4, 0.5) is 0 Å². The molecule has 118 valence electrons. The van der Waals surface area contributed by atoms with Gasteiger partial charge in [-0.2, -0.15) is 0 Å². The zero-order valence-electron chi connectivity index (χ0n) is 13.5. The van der Waals surface area contributed by atoms with Gasteiger partial charge in [0.15, 0.2) is 0 Å². The molecule has 0 bridgehead atoms. The Morgan fingerprint density at radius 1 is 1.09 bits per heavy atom. The second-order valence-electron chi connectivity index (χ2n) is 5.51. The number of fused-ring (bicyclic) bond motifs is 1. The summed E-state index contributed by atoms with van der Waals surface area (Å²) in [6.45, 7) is 4.69. The molecule has 0 saturated heterocycles. The smallest absolute Gasteiger partial charge is 0.265 e. The van der Waals surface area contributed by atoms with Crippen molar-refractivity contribution in [1.29, 1.82) is 0 Å². The van der Waals surface area contributed by atoms with Gasteiger partial charge in [-0.05, 0) is 49.7 Å². The van der Waals surface area contributed by atoms with Gasteiger partial charge >= 0.3 is 0 Å². The van der Waals surface area contributed by atoms with Crippen molar-refractivity contribution in [3.05, 3.63) is 64.7 Å². The van der Waals surface area contributed by atoms with Gasteiger partial charge in [-0.1, -0.05) is 25.5 Å². The number of nitrogens with zero attached hydrogens (tertiary/aromatic N) is 2. The minimum atomic E-state index is -0.0484. The van der Waals surface area contributed by atoms with E-state index in [4.69, 9.17) is 4.74 Å². The van der Waals surface area contributed by atoms with Crippen LogP contribution >= 0.6 is 0 Å². The van der Waals surface area contributed by atoms with Crippen LogP contribution in [-0.4, -0.2) is 16.2 Å². The molecular formula is C19H20N2O2. The molecule has 0 N–H and O–H groups in total. The summed E-state index contributed by atoms with van der Waals surface area (Å²) in [6, 6.07) is 15.0. The quantitative estimate of drug-likeness (QED) is 0.672. The standard InChI is InChI=1S/C19H20N2O2/c1-3-4-13-23-16-11-9-15(10-12-16)21-14(2)20-18-8-6-5-7-17(18)19(21)22/h5-12H,3-4,13H2,1-2H3. The third-order valence-corrected chi connectivity index (χ3v) is 3.80. The van der Waals surface area contributed by atoms with Gasteiger partial charge in [0, 0.05) is 0 Å². The van der Waals surface area contributed by atoms with Gasteiger partial charge in [0.25, 0.3) is 5.56 Å². The molecule has 1 aromatic heterocycles. The van der Waals surface area contributed by atoms with Crippen molar-refractivity contribution in [2.45, 2.75) is 26.7 Å². The van der Waals surface area contributed by atoms with Gasteiger partial charge in [-0.15, -0.1) is 0 Å². The number of unbranched alkanes of at least 4 members (excludes halogenated alkanes) is 1. The third kappa shape index (κ3) is 3.11. The van der Waals surface area contributed by atoms with Crippen LogP contribution in [0.5, 0.6) is 5.75 Å². The second-order valence-corrected chi connectivity index (χ2v) is 5.51. The van der Waals surface area contributed by atoms with Gasteiger partial charge in [0.1, 0.15) is 11.6 Å². The molecule has 2 aromatic carbocycles. The summed E-state index contributed by atoms with van der Waals surface area (Å²) in [5.41, 5.74) is 1.48. The van der Waals surface area contributed by atoms with Crippen molar-refractivity contribution in [3.8, 4) is 11.4 Å². The summed E-state index contributed by atoms with van der Waals surface area (Å²) in [5, 5.41) is 0.626. The van der Waals surface area contributed by atoms with Gasteiger partial charge in [0.05, 0.1) is 23.2 Å². The fourth-order valence-corrected chi connectivity index (χ4v) is 2.57. The predicted octanol–water partition coefficient (Wildman–Crippen LogP) is 3.87. The van der Waals surface area contributed by atoms with E-state index in [1.54, 1.807) is 4.57 Å². The Morgan fingerprint density at radius 3 is 2.57 bits per heavy atom. The topological polar surface area (TPSA) is 44.1 Å². The van der Waals surface area contributed by atoms with E-state index in [0.717, 1.165) is 29.8 Å². The lowest BCUT2D eigenvalue weighted by molar-refractivity contribution is 0.309.